The molecule has 3 aromatic heterocycles. The molecule has 6 rings (SSSR count). The van der Waals surface area contributed by atoms with E-state index in [4.69, 9.17) is 4.74 Å². The van der Waals surface area contributed by atoms with Gasteiger partial charge < -0.3 is 19.9 Å². The largest absolute Gasteiger partial charge is 0.379 e. The zero-order chi connectivity index (χ0) is 26.9. The van der Waals surface area contributed by atoms with Crippen molar-refractivity contribution in [1.82, 2.24) is 29.5 Å². The van der Waals surface area contributed by atoms with Gasteiger partial charge in [-0.25, -0.2) is 9.97 Å². The van der Waals surface area contributed by atoms with Crippen LogP contribution >= 0.6 is 0 Å². The van der Waals surface area contributed by atoms with E-state index in [0.717, 1.165) is 73.7 Å². The molecule has 39 heavy (non-hydrogen) atoms. The zero-order valence-corrected chi connectivity index (χ0v) is 22.7. The molecular formula is C29H34N8O2. The maximum Gasteiger partial charge on any atom is 0.257 e. The monoisotopic (exact) mass is 526 g/mol. The number of hydrogen-bond acceptors (Lipinski definition) is 8. The molecule has 1 N–H and O–H groups in total. The first-order chi connectivity index (χ1) is 18.9. The fourth-order valence-electron chi connectivity index (χ4n) is 5.13. The van der Waals surface area contributed by atoms with Crippen LogP contribution in [0.2, 0.25) is 0 Å². The third kappa shape index (κ3) is 5.36. The quantitative estimate of drug-likeness (QED) is 0.393. The van der Waals surface area contributed by atoms with Gasteiger partial charge >= 0.3 is 0 Å². The van der Waals surface area contributed by atoms with E-state index in [1.54, 1.807) is 18.5 Å². The fraction of sp³-hybridized carbons (Fsp3) is 0.379. The lowest BCUT2D eigenvalue weighted by Gasteiger charge is -2.43. The molecule has 2 saturated heterocycles. The Hall–Kier alpha value is -3.86. The summed E-state index contributed by atoms with van der Waals surface area (Å²) in [6, 6.07) is 12.3. The molecule has 2 aliphatic rings. The van der Waals surface area contributed by atoms with Gasteiger partial charge in [-0.15, -0.1) is 0 Å². The standard InChI is InChI=1S/C29H34N8O2/c1-34(2)24-17-37(18-24)28-14-21(6-7-30-28)29(38)33-27-13-23-12-20(4-5-22(23)15-31-27)25-16-32-35(3)26(25)19-36-8-10-39-11-9-36/h4-7,12-16,24H,8-11,17-19H2,1-3H3,(H,31,33,38). The fourth-order valence-corrected chi connectivity index (χ4v) is 5.13. The van der Waals surface area contributed by atoms with Crippen molar-refractivity contribution in [3.8, 4) is 11.1 Å². The number of likely N-dealkylation sites (N-methyl/N-ethyl adjacent to an activating group) is 1. The molecule has 4 aromatic rings. The number of anilines is 2. The van der Waals surface area contributed by atoms with Gasteiger partial charge in [-0.2, -0.15) is 5.10 Å². The second kappa shape index (κ2) is 10.7. The van der Waals surface area contributed by atoms with Gasteiger partial charge in [0.25, 0.3) is 5.91 Å². The number of nitrogens with one attached hydrogen (secondary N) is 1. The first-order valence-corrected chi connectivity index (χ1v) is 13.3. The van der Waals surface area contributed by atoms with Crippen LogP contribution in [0.1, 0.15) is 16.1 Å². The van der Waals surface area contributed by atoms with E-state index in [1.807, 2.05) is 30.1 Å². The summed E-state index contributed by atoms with van der Waals surface area (Å²) in [5.41, 5.74) is 3.94. The summed E-state index contributed by atoms with van der Waals surface area (Å²) in [6.07, 6.45) is 5.42. The smallest absolute Gasteiger partial charge is 0.257 e. The predicted molar refractivity (Wildman–Crippen MR) is 152 cm³/mol. The highest BCUT2D eigenvalue weighted by molar-refractivity contribution is 6.05. The van der Waals surface area contributed by atoms with Gasteiger partial charge in [0.2, 0.25) is 0 Å². The molecule has 0 bridgehead atoms. The van der Waals surface area contributed by atoms with Crippen LogP contribution in [-0.4, -0.2) is 95.0 Å². The number of aryl methyl sites for hydroxylation is 1. The predicted octanol–water partition coefficient (Wildman–Crippen LogP) is 2.87. The number of nitrogens with zero attached hydrogens (tertiary/aromatic N) is 7. The first-order valence-electron chi connectivity index (χ1n) is 13.3. The SMILES string of the molecule is CN(C)C1CN(c2cc(C(=O)Nc3cc4cc(-c5cnn(C)c5CN5CCOCC5)ccc4cn3)ccn2)C1. The molecule has 1 aromatic carbocycles. The van der Waals surface area contributed by atoms with Crippen LogP contribution in [0.25, 0.3) is 21.9 Å². The Morgan fingerprint density at radius 3 is 2.67 bits per heavy atom. The zero-order valence-electron chi connectivity index (χ0n) is 22.7. The Morgan fingerprint density at radius 2 is 1.87 bits per heavy atom. The second-order valence-corrected chi connectivity index (χ2v) is 10.5. The molecule has 0 aliphatic carbocycles. The molecule has 10 nitrogen and oxygen atoms in total. The highest BCUT2D eigenvalue weighted by Gasteiger charge is 2.29. The molecular weight excluding hydrogens is 492 g/mol. The average Bonchev–Trinajstić information content (AvgIpc) is 3.27. The van der Waals surface area contributed by atoms with Crippen molar-refractivity contribution in [3.63, 3.8) is 0 Å². The van der Waals surface area contributed by atoms with Gasteiger partial charge in [-0.1, -0.05) is 12.1 Å². The summed E-state index contributed by atoms with van der Waals surface area (Å²) < 4.78 is 7.46. The molecule has 10 heteroatoms. The van der Waals surface area contributed by atoms with Crippen molar-refractivity contribution in [2.75, 3.05) is 63.7 Å². The Labute approximate surface area is 228 Å². The van der Waals surface area contributed by atoms with Gasteiger partial charge in [0.15, 0.2) is 0 Å². The van der Waals surface area contributed by atoms with E-state index in [9.17, 15) is 4.79 Å². The third-order valence-corrected chi connectivity index (χ3v) is 7.74. The number of aromatic nitrogens is 4. The van der Waals surface area contributed by atoms with E-state index in [0.29, 0.717) is 17.4 Å². The summed E-state index contributed by atoms with van der Waals surface area (Å²) in [5, 5.41) is 9.53. The van der Waals surface area contributed by atoms with E-state index in [-0.39, 0.29) is 5.91 Å². The highest BCUT2D eigenvalue weighted by atomic mass is 16.5. The van der Waals surface area contributed by atoms with Crippen LogP contribution in [0.5, 0.6) is 0 Å². The van der Waals surface area contributed by atoms with Crippen molar-refractivity contribution in [2.45, 2.75) is 12.6 Å². The van der Waals surface area contributed by atoms with E-state index < -0.39 is 0 Å². The van der Waals surface area contributed by atoms with Crippen LogP contribution in [0.3, 0.4) is 0 Å². The summed E-state index contributed by atoms with van der Waals surface area (Å²) in [4.78, 5) is 28.8. The van der Waals surface area contributed by atoms with Crippen LogP contribution < -0.4 is 10.2 Å². The van der Waals surface area contributed by atoms with Gasteiger partial charge in [-0.05, 0) is 49.3 Å². The van der Waals surface area contributed by atoms with Crippen molar-refractivity contribution < 1.29 is 9.53 Å². The Kier molecular flexibility index (Phi) is 6.99. The Bertz CT molecular complexity index is 1490. The third-order valence-electron chi connectivity index (χ3n) is 7.74. The number of pyridine rings is 2. The second-order valence-electron chi connectivity index (χ2n) is 10.5. The number of carbonyl (C=O) groups is 1. The highest BCUT2D eigenvalue weighted by Crippen LogP contribution is 2.29. The topological polar surface area (TPSA) is 91.7 Å². The summed E-state index contributed by atoms with van der Waals surface area (Å²) >= 11 is 0. The summed E-state index contributed by atoms with van der Waals surface area (Å²) in [6.45, 7) is 6.01. The number of morpholine rings is 1. The molecule has 0 saturated carbocycles. The van der Waals surface area contributed by atoms with E-state index >= 15 is 0 Å². The summed E-state index contributed by atoms with van der Waals surface area (Å²) in [7, 11) is 6.16. The van der Waals surface area contributed by atoms with Crippen LogP contribution in [0.4, 0.5) is 11.6 Å². The summed E-state index contributed by atoms with van der Waals surface area (Å²) in [5.74, 6) is 1.13. The molecule has 2 fully saturated rings. The number of fused-ring (bicyclic) bond motifs is 1. The normalized spacial score (nSPS) is 16.6. The number of benzene rings is 1. The van der Waals surface area contributed by atoms with Gasteiger partial charge in [0.1, 0.15) is 11.6 Å². The minimum Gasteiger partial charge on any atom is -0.379 e. The van der Waals surface area contributed by atoms with Crippen LogP contribution in [0.15, 0.2) is 55.0 Å². The van der Waals surface area contributed by atoms with Crippen LogP contribution in [-0.2, 0) is 18.3 Å². The Balaban J connectivity index is 1.20. The number of amides is 1. The maximum atomic E-state index is 13.1. The molecule has 202 valence electrons. The van der Waals surface area contributed by atoms with E-state index in [1.165, 1.54) is 5.69 Å². The van der Waals surface area contributed by atoms with E-state index in [2.05, 4.69) is 67.4 Å². The molecule has 0 unspecified atom stereocenters. The minimum atomic E-state index is -0.202. The molecule has 0 spiro atoms. The van der Waals surface area contributed by atoms with Gasteiger partial charge in [0, 0.05) is 74.7 Å². The average molecular weight is 527 g/mol. The van der Waals surface area contributed by atoms with Gasteiger partial charge in [0.05, 0.1) is 25.1 Å². The van der Waals surface area contributed by atoms with Crippen molar-refractivity contribution in [1.29, 1.82) is 0 Å². The lowest BCUT2D eigenvalue weighted by atomic mass is 10.0. The van der Waals surface area contributed by atoms with Crippen molar-refractivity contribution in [3.05, 3.63) is 66.2 Å². The Morgan fingerprint density at radius 1 is 1.05 bits per heavy atom. The lowest BCUT2D eigenvalue weighted by Crippen LogP contribution is -2.57. The molecule has 0 radical (unpaired) electrons. The van der Waals surface area contributed by atoms with Crippen LogP contribution in [0, 0.1) is 0 Å². The van der Waals surface area contributed by atoms with Gasteiger partial charge in [-0.3, -0.25) is 14.4 Å². The first kappa shape index (κ1) is 25.4. The molecule has 2 aliphatic heterocycles. The van der Waals surface area contributed by atoms with Crippen molar-refractivity contribution in [2.24, 2.45) is 7.05 Å². The lowest BCUT2D eigenvalue weighted by molar-refractivity contribution is 0.0332. The molecule has 1 amide bonds. The van der Waals surface area contributed by atoms with Crippen molar-refractivity contribution >= 4 is 28.3 Å². The number of carbonyl (C=O) groups excluding carboxylic acids is 1. The number of hydrogen-bond donors (Lipinski definition) is 1. The number of rotatable bonds is 7. The number of ether oxygens (including phenoxy) is 1. The molecule has 0 atom stereocenters. The maximum absolute atomic E-state index is 13.1. The molecule has 5 heterocycles. The minimum absolute atomic E-state index is 0.202.